The summed E-state index contributed by atoms with van der Waals surface area (Å²) in [6.07, 6.45) is 1.82. The van der Waals surface area contributed by atoms with Gasteiger partial charge in [-0.3, -0.25) is 9.55 Å². The lowest BCUT2D eigenvalue weighted by atomic mass is 9.83. The number of imidazole rings is 1. The van der Waals surface area contributed by atoms with E-state index >= 15 is 0 Å². The van der Waals surface area contributed by atoms with Gasteiger partial charge in [0.15, 0.2) is 0 Å². The van der Waals surface area contributed by atoms with Crippen LogP contribution in [0.2, 0.25) is 0 Å². The van der Waals surface area contributed by atoms with E-state index in [1.54, 1.807) is 6.07 Å². The third-order valence-electron chi connectivity index (χ3n) is 9.77. The first-order valence-corrected chi connectivity index (χ1v) is 17.7. The van der Waals surface area contributed by atoms with Gasteiger partial charge in [-0.05, 0) is 124 Å². The van der Waals surface area contributed by atoms with E-state index in [-0.39, 0.29) is 11.2 Å². The monoisotopic (exact) mass is 697 g/mol. The molecule has 0 atom stereocenters. The highest BCUT2D eigenvalue weighted by atomic mass is 16.3. The number of phenols is 1. The zero-order valence-corrected chi connectivity index (χ0v) is 30.1. The quantitative estimate of drug-likeness (QED) is 0.186. The first-order valence-electron chi connectivity index (χ1n) is 17.7. The van der Waals surface area contributed by atoms with Crippen molar-refractivity contribution in [1.82, 2.24) is 14.5 Å². The SMILES string of the molecule is CC(C)(C)c1cc(-c2ccccn2)cc(-c2cccc3c2nc(-c2ccccc2O)n3-c2cc(-c3ccc(C#N)cc3)cc(-c3ccc(C#N)cc3)c2)c1. The van der Waals surface area contributed by atoms with Crippen LogP contribution in [0.4, 0.5) is 0 Å². The zero-order valence-electron chi connectivity index (χ0n) is 30.1. The number of pyridine rings is 1. The Morgan fingerprint density at radius 2 is 1.17 bits per heavy atom. The summed E-state index contributed by atoms with van der Waals surface area (Å²) in [5, 5.41) is 30.3. The summed E-state index contributed by atoms with van der Waals surface area (Å²) in [4.78, 5) is 10.0. The standard InChI is InChI=1S/C48H35N5O/c1-48(2,3)39-25-37(24-38(26-39)43-11-6-7-22-51-43)41-10-8-12-44-46(41)52-47(42-9-4-5-13-45(42)54)53(44)40-27-35(33-18-14-31(29-49)15-19-33)23-36(28-40)34-20-16-32(30-50)17-21-34/h4-28,54H,1-3H3. The molecule has 0 saturated carbocycles. The maximum atomic E-state index is 11.3. The number of aromatic nitrogens is 3. The van der Waals surface area contributed by atoms with Crippen molar-refractivity contribution < 1.29 is 5.11 Å². The molecule has 0 amide bonds. The highest BCUT2D eigenvalue weighted by Gasteiger charge is 2.23. The van der Waals surface area contributed by atoms with Crippen LogP contribution >= 0.6 is 0 Å². The van der Waals surface area contributed by atoms with Crippen LogP contribution in [0.1, 0.15) is 37.5 Å². The minimum Gasteiger partial charge on any atom is -0.507 e. The molecule has 6 nitrogen and oxygen atoms in total. The summed E-state index contributed by atoms with van der Waals surface area (Å²) in [6, 6.07) is 52.0. The van der Waals surface area contributed by atoms with E-state index < -0.39 is 0 Å². The average Bonchev–Trinajstić information content (AvgIpc) is 3.60. The Kier molecular flexibility index (Phi) is 8.58. The Morgan fingerprint density at radius 3 is 1.76 bits per heavy atom. The number of nitrogens with zero attached hydrogens (tertiary/aromatic N) is 5. The van der Waals surface area contributed by atoms with Crippen molar-refractivity contribution >= 4 is 11.0 Å². The van der Waals surface area contributed by atoms with Gasteiger partial charge in [0, 0.05) is 23.0 Å². The van der Waals surface area contributed by atoms with Gasteiger partial charge in [0.2, 0.25) is 0 Å². The summed E-state index contributed by atoms with van der Waals surface area (Å²) in [5.74, 6) is 0.716. The maximum absolute atomic E-state index is 11.3. The Labute approximate surface area is 314 Å². The molecule has 0 aliphatic carbocycles. The van der Waals surface area contributed by atoms with Crippen molar-refractivity contribution in [3.63, 3.8) is 0 Å². The van der Waals surface area contributed by atoms with E-state index in [1.807, 2.05) is 91.1 Å². The molecule has 0 saturated heterocycles. The first kappa shape index (κ1) is 33.8. The van der Waals surface area contributed by atoms with Crippen LogP contribution in [0.25, 0.3) is 72.7 Å². The van der Waals surface area contributed by atoms with Gasteiger partial charge in [-0.25, -0.2) is 4.98 Å². The van der Waals surface area contributed by atoms with Crippen LogP contribution < -0.4 is 0 Å². The van der Waals surface area contributed by atoms with Gasteiger partial charge in [-0.2, -0.15) is 10.5 Å². The lowest BCUT2D eigenvalue weighted by Crippen LogP contribution is -2.11. The van der Waals surface area contributed by atoms with Gasteiger partial charge in [0.25, 0.3) is 0 Å². The summed E-state index contributed by atoms with van der Waals surface area (Å²) in [7, 11) is 0. The van der Waals surface area contributed by atoms with E-state index in [0.29, 0.717) is 22.5 Å². The van der Waals surface area contributed by atoms with E-state index in [2.05, 4.69) is 97.1 Å². The minimum absolute atomic E-state index is 0.123. The molecule has 258 valence electrons. The average molecular weight is 698 g/mol. The van der Waals surface area contributed by atoms with Gasteiger partial charge >= 0.3 is 0 Å². The highest BCUT2D eigenvalue weighted by molar-refractivity contribution is 5.97. The van der Waals surface area contributed by atoms with Gasteiger partial charge in [0.1, 0.15) is 11.6 Å². The Morgan fingerprint density at radius 1 is 0.574 bits per heavy atom. The Hall–Kier alpha value is -7.28. The predicted molar refractivity (Wildman–Crippen MR) is 216 cm³/mol. The van der Waals surface area contributed by atoms with Crippen LogP contribution in [0, 0.1) is 22.7 Å². The number of phenolic OH excluding ortho intramolecular Hbond substituents is 1. The minimum atomic E-state index is -0.124. The summed E-state index contributed by atoms with van der Waals surface area (Å²) >= 11 is 0. The molecule has 0 radical (unpaired) electrons. The van der Waals surface area contributed by atoms with E-state index in [4.69, 9.17) is 4.98 Å². The molecule has 0 spiro atoms. The number of aromatic hydroxyl groups is 1. The van der Waals surface area contributed by atoms with Crippen LogP contribution in [0.5, 0.6) is 5.75 Å². The molecule has 2 aromatic heterocycles. The highest BCUT2D eigenvalue weighted by Crippen LogP contribution is 2.41. The van der Waals surface area contributed by atoms with Gasteiger partial charge in [0.05, 0.1) is 45.6 Å². The number of nitriles is 2. The van der Waals surface area contributed by atoms with E-state index in [1.165, 1.54) is 5.56 Å². The molecule has 0 unspecified atom stereocenters. The van der Waals surface area contributed by atoms with Crippen LogP contribution in [0.3, 0.4) is 0 Å². The summed E-state index contributed by atoms with van der Waals surface area (Å²) in [6.45, 7) is 6.64. The van der Waals surface area contributed by atoms with E-state index in [0.717, 1.165) is 61.4 Å². The van der Waals surface area contributed by atoms with Gasteiger partial charge in [-0.15, -0.1) is 0 Å². The fourth-order valence-electron chi connectivity index (χ4n) is 6.88. The van der Waals surface area contributed by atoms with Crippen molar-refractivity contribution in [3.05, 3.63) is 168 Å². The Bertz CT molecular complexity index is 2690. The maximum Gasteiger partial charge on any atom is 0.149 e. The third kappa shape index (κ3) is 6.38. The molecule has 0 aliphatic heterocycles. The molecule has 0 aliphatic rings. The molecule has 6 heteroatoms. The van der Waals surface area contributed by atoms with Crippen LogP contribution in [-0.4, -0.2) is 19.6 Å². The molecule has 54 heavy (non-hydrogen) atoms. The largest absolute Gasteiger partial charge is 0.507 e. The number of para-hydroxylation sites is 2. The predicted octanol–water partition coefficient (Wildman–Crippen LogP) is 11.5. The fraction of sp³-hybridized carbons (Fsp3) is 0.0833. The molecule has 0 bridgehead atoms. The molecule has 1 N–H and O–H groups in total. The van der Waals surface area contributed by atoms with Crippen molar-refractivity contribution in [1.29, 1.82) is 10.5 Å². The third-order valence-corrected chi connectivity index (χ3v) is 9.77. The molecule has 6 aromatic carbocycles. The second-order valence-corrected chi connectivity index (χ2v) is 14.4. The molecule has 0 fully saturated rings. The number of fused-ring (bicyclic) bond motifs is 1. The van der Waals surface area contributed by atoms with Gasteiger partial charge < -0.3 is 5.11 Å². The summed E-state index contributed by atoms with van der Waals surface area (Å²) in [5.41, 5.74) is 13.0. The van der Waals surface area contributed by atoms with Crippen molar-refractivity contribution in [2.75, 3.05) is 0 Å². The topological polar surface area (TPSA) is 98.5 Å². The molecular weight excluding hydrogens is 663 g/mol. The lowest BCUT2D eigenvalue weighted by molar-refractivity contribution is 0.477. The fourth-order valence-corrected chi connectivity index (χ4v) is 6.88. The molecule has 8 aromatic rings. The molecular formula is C48H35N5O. The van der Waals surface area contributed by atoms with Crippen molar-refractivity contribution in [2.45, 2.75) is 26.2 Å². The number of benzene rings is 6. The molecule has 8 rings (SSSR count). The number of rotatable bonds is 6. The van der Waals surface area contributed by atoms with Crippen molar-refractivity contribution in [2.24, 2.45) is 0 Å². The number of hydrogen-bond donors (Lipinski definition) is 1. The lowest BCUT2D eigenvalue weighted by Gasteiger charge is -2.21. The van der Waals surface area contributed by atoms with Crippen LogP contribution in [0.15, 0.2) is 152 Å². The number of hydrogen-bond acceptors (Lipinski definition) is 5. The van der Waals surface area contributed by atoms with Crippen LogP contribution in [-0.2, 0) is 5.41 Å². The van der Waals surface area contributed by atoms with Gasteiger partial charge in [-0.1, -0.05) is 81.4 Å². The Balaban J connectivity index is 1.42. The summed E-state index contributed by atoms with van der Waals surface area (Å²) < 4.78 is 2.11. The van der Waals surface area contributed by atoms with Crippen molar-refractivity contribution in [3.8, 4) is 79.6 Å². The second kappa shape index (κ2) is 13.7. The normalized spacial score (nSPS) is 11.3. The molecule has 2 heterocycles. The van der Waals surface area contributed by atoms with E-state index in [9.17, 15) is 15.6 Å². The smallest absolute Gasteiger partial charge is 0.149 e. The first-order chi connectivity index (χ1) is 26.2. The second-order valence-electron chi connectivity index (χ2n) is 14.4. The zero-order chi connectivity index (χ0) is 37.4.